The van der Waals surface area contributed by atoms with Crippen molar-refractivity contribution in [2.24, 2.45) is 0 Å². The minimum Gasteiger partial charge on any atom is -0.366 e. The number of rotatable bonds is 4. The van der Waals surface area contributed by atoms with E-state index < -0.39 is 4.92 Å². The summed E-state index contributed by atoms with van der Waals surface area (Å²) in [6, 6.07) is 8.12. The van der Waals surface area contributed by atoms with Crippen LogP contribution >= 0.6 is 0 Å². The molecule has 0 radical (unpaired) electrons. The molecule has 21 heavy (non-hydrogen) atoms. The maximum Gasteiger partial charge on any atom is 0.290 e. The van der Waals surface area contributed by atoms with Gasteiger partial charge in [-0.05, 0) is 29.7 Å². The Morgan fingerprint density at radius 3 is 2.90 bits per heavy atom. The SMILES string of the molecule is Cc1cc(NCc2ccc3c(c2)CNC3)ncc1[N+](=O)[O-]. The molecule has 2 aromatic rings. The van der Waals surface area contributed by atoms with Gasteiger partial charge in [0, 0.05) is 25.2 Å². The van der Waals surface area contributed by atoms with Gasteiger partial charge >= 0.3 is 0 Å². The Hall–Kier alpha value is -2.47. The van der Waals surface area contributed by atoms with Gasteiger partial charge in [-0.3, -0.25) is 10.1 Å². The zero-order valence-corrected chi connectivity index (χ0v) is 11.7. The highest BCUT2D eigenvalue weighted by atomic mass is 16.6. The molecule has 0 bridgehead atoms. The number of nitro groups is 1. The van der Waals surface area contributed by atoms with E-state index in [0.717, 1.165) is 13.1 Å². The Labute approximate surface area is 122 Å². The minimum atomic E-state index is -0.417. The van der Waals surface area contributed by atoms with E-state index >= 15 is 0 Å². The number of pyridine rings is 1. The van der Waals surface area contributed by atoms with Crippen molar-refractivity contribution >= 4 is 11.5 Å². The first-order valence-corrected chi connectivity index (χ1v) is 6.80. The maximum atomic E-state index is 10.8. The largest absolute Gasteiger partial charge is 0.366 e. The van der Waals surface area contributed by atoms with Crippen LogP contribution in [0.25, 0.3) is 0 Å². The second-order valence-electron chi connectivity index (χ2n) is 5.17. The Kier molecular flexibility index (Phi) is 3.53. The molecule has 0 fully saturated rings. The monoisotopic (exact) mass is 284 g/mol. The Morgan fingerprint density at radius 2 is 2.14 bits per heavy atom. The van der Waals surface area contributed by atoms with Crippen molar-refractivity contribution < 1.29 is 4.92 Å². The van der Waals surface area contributed by atoms with E-state index in [1.54, 1.807) is 13.0 Å². The molecule has 1 aromatic heterocycles. The van der Waals surface area contributed by atoms with Crippen molar-refractivity contribution in [3.8, 4) is 0 Å². The fraction of sp³-hybridized carbons (Fsp3) is 0.267. The van der Waals surface area contributed by atoms with E-state index in [1.165, 1.54) is 22.9 Å². The molecule has 2 heterocycles. The van der Waals surface area contributed by atoms with Gasteiger partial charge in [0.05, 0.1) is 4.92 Å². The van der Waals surface area contributed by atoms with E-state index in [1.807, 2.05) is 0 Å². The van der Waals surface area contributed by atoms with Crippen molar-refractivity contribution in [1.29, 1.82) is 0 Å². The molecule has 0 aliphatic carbocycles. The number of aryl methyl sites for hydroxylation is 1. The van der Waals surface area contributed by atoms with E-state index in [4.69, 9.17) is 0 Å². The molecular weight excluding hydrogens is 268 g/mol. The standard InChI is InChI=1S/C15H16N4O2/c1-10-4-15(18-9-14(10)19(20)21)17-6-11-2-3-12-7-16-8-13(12)5-11/h2-5,9,16H,6-8H2,1H3,(H,17,18). The number of hydrogen-bond donors (Lipinski definition) is 2. The smallest absolute Gasteiger partial charge is 0.290 e. The summed E-state index contributed by atoms with van der Waals surface area (Å²) in [5.74, 6) is 0.650. The fourth-order valence-corrected chi connectivity index (χ4v) is 2.49. The minimum absolute atomic E-state index is 0.0455. The summed E-state index contributed by atoms with van der Waals surface area (Å²) in [6.07, 6.45) is 1.30. The summed E-state index contributed by atoms with van der Waals surface area (Å²) in [4.78, 5) is 14.4. The van der Waals surface area contributed by atoms with Crippen LogP contribution in [0.5, 0.6) is 0 Å². The third kappa shape index (κ3) is 2.85. The lowest BCUT2D eigenvalue weighted by Gasteiger charge is -2.08. The van der Waals surface area contributed by atoms with Crippen molar-refractivity contribution in [3.05, 3.63) is 62.8 Å². The third-order valence-corrected chi connectivity index (χ3v) is 3.66. The van der Waals surface area contributed by atoms with Crippen LogP contribution < -0.4 is 10.6 Å². The lowest BCUT2D eigenvalue weighted by molar-refractivity contribution is -0.385. The molecular formula is C15H16N4O2. The van der Waals surface area contributed by atoms with E-state index in [-0.39, 0.29) is 5.69 Å². The van der Waals surface area contributed by atoms with Gasteiger partial charge < -0.3 is 10.6 Å². The zero-order chi connectivity index (χ0) is 14.8. The number of hydrogen-bond acceptors (Lipinski definition) is 5. The number of aromatic nitrogens is 1. The fourth-order valence-electron chi connectivity index (χ4n) is 2.49. The zero-order valence-electron chi connectivity index (χ0n) is 11.7. The molecule has 0 saturated carbocycles. The van der Waals surface area contributed by atoms with Crippen molar-refractivity contribution in [2.75, 3.05) is 5.32 Å². The Balaban J connectivity index is 1.70. The van der Waals surface area contributed by atoms with Crippen LogP contribution in [0.15, 0.2) is 30.5 Å². The molecule has 3 rings (SSSR count). The summed E-state index contributed by atoms with van der Waals surface area (Å²) >= 11 is 0. The van der Waals surface area contributed by atoms with Gasteiger partial charge in [0.15, 0.2) is 0 Å². The maximum absolute atomic E-state index is 10.8. The molecule has 1 aliphatic heterocycles. The highest BCUT2D eigenvalue weighted by Gasteiger charge is 2.12. The molecule has 2 N–H and O–H groups in total. The van der Waals surface area contributed by atoms with Crippen molar-refractivity contribution in [1.82, 2.24) is 10.3 Å². The third-order valence-electron chi connectivity index (χ3n) is 3.66. The van der Waals surface area contributed by atoms with Crippen LogP contribution in [-0.4, -0.2) is 9.91 Å². The van der Waals surface area contributed by atoms with Crippen LogP contribution in [0.4, 0.5) is 11.5 Å². The van der Waals surface area contributed by atoms with Gasteiger partial charge in [-0.15, -0.1) is 0 Å². The van der Waals surface area contributed by atoms with Gasteiger partial charge in [-0.25, -0.2) is 4.98 Å². The second-order valence-corrected chi connectivity index (χ2v) is 5.17. The Morgan fingerprint density at radius 1 is 1.33 bits per heavy atom. The normalized spacial score (nSPS) is 13.0. The highest BCUT2D eigenvalue weighted by Crippen LogP contribution is 2.20. The molecule has 108 valence electrons. The van der Waals surface area contributed by atoms with Gasteiger partial charge in [-0.2, -0.15) is 0 Å². The molecule has 1 aliphatic rings. The van der Waals surface area contributed by atoms with E-state index in [2.05, 4.69) is 33.8 Å². The second kappa shape index (κ2) is 5.49. The summed E-state index contributed by atoms with van der Waals surface area (Å²) in [6.45, 7) is 4.22. The quantitative estimate of drug-likeness (QED) is 0.666. The first-order chi connectivity index (χ1) is 10.1. The van der Waals surface area contributed by atoms with Crippen LogP contribution in [0.2, 0.25) is 0 Å². The molecule has 1 aromatic carbocycles. The predicted molar refractivity (Wildman–Crippen MR) is 79.9 cm³/mol. The molecule has 6 nitrogen and oxygen atoms in total. The van der Waals surface area contributed by atoms with Gasteiger partial charge in [0.1, 0.15) is 12.0 Å². The molecule has 0 atom stereocenters. The number of nitrogens with one attached hydrogen (secondary N) is 2. The molecule has 0 amide bonds. The first kappa shape index (κ1) is 13.5. The number of nitrogens with zero attached hydrogens (tertiary/aromatic N) is 2. The summed E-state index contributed by atoms with van der Waals surface area (Å²) in [5.41, 5.74) is 4.51. The average Bonchev–Trinajstić information content (AvgIpc) is 2.92. The highest BCUT2D eigenvalue weighted by molar-refractivity contribution is 5.47. The van der Waals surface area contributed by atoms with Crippen LogP contribution in [0.1, 0.15) is 22.3 Å². The Bertz CT molecular complexity index is 700. The topological polar surface area (TPSA) is 80.1 Å². The van der Waals surface area contributed by atoms with Gasteiger partial charge in [0.25, 0.3) is 5.69 Å². The van der Waals surface area contributed by atoms with E-state index in [9.17, 15) is 10.1 Å². The summed E-state index contributed by atoms with van der Waals surface area (Å²) in [5, 5.41) is 17.3. The van der Waals surface area contributed by atoms with Gasteiger partial charge in [-0.1, -0.05) is 18.2 Å². The number of anilines is 1. The number of benzene rings is 1. The van der Waals surface area contributed by atoms with E-state index in [0.29, 0.717) is 17.9 Å². The lowest BCUT2D eigenvalue weighted by atomic mass is 10.1. The van der Waals surface area contributed by atoms with Crippen molar-refractivity contribution in [3.63, 3.8) is 0 Å². The van der Waals surface area contributed by atoms with Gasteiger partial charge in [0.2, 0.25) is 0 Å². The first-order valence-electron chi connectivity index (χ1n) is 6.80. The molecule has 6 heteroatoms. The van der Waals surface area contributed by atoms with Crippen LogP contribution in [-0.2, 0) is 19.6 Å². The van der Waals surface area contributed by atoms with Crippen molar-refractivity contribution in [2.45, 2.75) is 26.6 Å². The summed E-state index contributed by atoms with van der Waals surface area (Å²) < 4.78 is 0. The van der Waals surface area contributed by atoms with Crippen LogP contribution in [0, 0.1) is 17.0 Å². The molecule has 0 unspecified atom stereocenters. The number of fused-ring (bicyclic) bond motifs is 1. The summed E-state index contributed by atoms with van der Waals surface area (Å²) in [7, 11) is 0. The molecule has 0 spiro atoms. The molecule has 0 saturated heterocycles. The lowest BCUT2D eigenvalue weighted by Crippen LogP contribution is -2.03. The predicted octanol–water partition coefficient (Wildman–Crippen LogP) is 2.51. The average molecular weight is 284 g/mol. The van der Waals surface area contributed by atoms with Crippen LogP contribution in [0.3, 0.4) is 0 Å².